The molecule has 0 aromatic carbocycles. The molecule has 1 atom stereocenters. The number of carbonyl (C=O) groups is 1. The second-order valence-electron chi connectivity index (χ2n) is 5.00. The van der Waals surface area contributed by atoms with Crippen molar-refractivity contribution < 1.29 is 4.79 Å². The molecular weight excluding hydrogens is 202 g/mol. The summed E-state index contributed by atoms with van der Waals surface area (Å²) in [5, 5.41) is 0. The molecule has 1 aliphatic rings. The molecule has 1 aliphatic heterocycles. The number of hydrogen-bond acceptors (Lipinski definition) is 3. The van der Waals surface area contributed by atoms with Crippen molar-refractivity contribution in [3.8, 4) is 0 Å². The molecule has 0 aromatic rings. The van der Waals surface area contributed by atoms with E-state index in [1.165, 1.54) is 0 Å². The van der Waals surface area contributed by atoms with Crippen LogP contribution in [0.15, 0.2) is 0 Å². The molecule has 1 heterocycles. The number of hydrogen-bond donors (Lipinski definition) is 1. The molecule has 0 aromatic heterocycles. The van der Waals surface area contributed by atoms with E-state index in [0.29, 0.717) is 13.1 Å². The number of likely N-dealkylation sites (N-methyl/N-ethyl adjacent to an activating group) is 1. The highest BCUT2D eigenvalue weighted by atomic mass is 16.2. The first-order valence-corrected chi connectivity index (χ1v) is 6.22. The maximum Gasteiger partial charge on any atom is 0.236 e. The normalized spacial score (nSPS) is 20.2. The van der Waals surface area contributed by atoms with Gasteiger partial charge in [-0.3, -0.25) is 9.69 Å². The third-order valence-electron chi connectivity index (χ3n) is 3.95. The zero-order valence-electron chi connectivity index (χ0n) is 10.8. The summed E-state index contributed by atoms with van der Waals surface area (Å²) in [7, 11) is 1.99. The maximum absolute atomic E-state index is 12.0. The molecule has 4 heteroatoms. The van der Waals surface area contributed by atoms with Crippen LogP contribution in [0.3, 0.4) is 0 Å². The second kappa shape index (κ2) is 5.64. The number of nitrogens with two attached hydrogens (primary N) is 1. The van der Waals surface area contributed by atoms with Crippen molar-refractivity contribution >= 4 is 5.91 Å². The van der Waals surface area contributed by atoms with Crippen molar-refractivity contribution in [2.45, 2.75) is 38.6 Å². The van der Waals surface area contributed by atoms with E-state index in [0.717, 1.165) is 32.4 Å². The van der Waals surface area contributed by atoms with Gasteiger partial charge >= 0.3 is 0 Å². The number of rotatable bonds is 5. The molecule has 16 heavy (non-hydrogen) atoms. The Balaban J connectivity index is 2.49. The van der Waals surface area contributed by atoms with Crippen LogP contribution in [-0.2, 0) is 4.79 Å². The van der Waals surface area contributed by atoms with Crippen LogP contribution < -0.4 is 5.73 Å². The van der Waals surface area contributed by atoms with Gasteiger partial charge in [0.2, 0.25) is 5.91 Å². The first kappa shape index (κ1) is 13.5. The van der Waals surface area contributed by atoms with Gasteiger partial charge in [-0.05, 0) is 33.2 Å². The summed E-state index contributed by atoms with van der Waals surface area (Å²) in [6.07, 6.45) is 3.27. The van der Waals surface area contributed by atoms with Crippen LogP contribution in [0.5, 0.6) is 0 Å². The van der Waals surface area contributed by atoms with Crippen LogP contribution in [0.1, 0.15) is 33.1 Å². The van der Waals surface area contributed by atoms with Gasteiger partial charge in [-0.25, -0.2) is 0 Å². The molecule has 94 valence electrons. The van der Waals surface area contributed by atoms with Gasteiger partial charge in [0.15, 0.2) is 0 Å². The van der Waals surface area contributed by atoms with Crippen molar-refractivity contribution in [3.05, 3.63) is 0 Å². The van der Waals surface area contributed by atoms with Crippen LogP contribution in [0.2, 0.25) is 0 Å². The average molecular weight is 227 g/mol. The van der Waals surface area contributed by atoms with Crippen LogP contribution in [0, 0.1) is 0 Å². The predicted octanol–water partition coefficient (Wildman–Crippen LogP) is 0.668. The predicted molar refractivity (Wildman–Crippen MR) is 66.2 cm³/mol. The average Bonchev–Trinajstić information content (AvgIpc) is 2.81. The molecule has 0 aliphatic carbocycles. The molecule has 1 amide bonds. The molecule has 0 saturated carbocycles. The largest absolute Gasteiger partial charge is 0.342 e. The number of likely N-dealkylation sites (tertiary alicyclic amines) is 1. The van der Waals surface area contributed by atoms with Crippen molar-refractivity contribution in [1.82, 2.24) is 9.80 Å². The molecule has 1 fully saturated rings. The molecule has 1 rings (SSSR count). The summed E-state index contributed by atoms with van der Waals surface area (Å²) >= 11 is 0. The first-order valence-electron chi connectivity index (χ1n) is 6.22. The van der Waals surface area contributed by atoms with Crippen LogP contribution in [0.25, 0.3) is 0 Å². The van der Waals surface area contributed by atoms with Crippen LogP contribution in [-0.4, -0.2) is 54.5 Å². The Bertz CT molecular complexity index is 232. The van der Waals surface area contributed by atoms with E-state index < -0.39 is 0 Å². The topological polar surface area (TPSA) is 49.6 Å². The Hall–Kier alpha value is -0.610. The zero-order valence-corrected chi connectivity index (χ0v) is 10.8. The second-order valence-corrected chi connectivity index (χ2v) is 5.00. The molecule has 0 bridgehead atoms. The summed E-state index contributed by atoms with van der Waals surface area (Å²) < 4.78 is 0. The third kappa shape index (κ3) is 2.95. The fourth-order valence-corrected chi connectivity index (χ4v) is 2.03. The lowest BCUT2D eigenvalue weighted by molar-refractivity contribution is -0.132. The van der Waals surface area contributed by atoms with Crippen molar-refractivity contribution in [1.29, 1.82) is 0 Å². The summed E-state index contributed by atoms with van der Waals surface area (Å²) in [5.74, 6) is 0.244. The quantitative estimate of drug-likeness (QED) is 0.751. The highest BCUT2D eigenvalue weighted by molar-refractivity contribution is 5.78. The highest BCUT2D eigenvalue weighted by Gasteiger charge is 2.28. The Kier molecular flexibility index (Phi) is 4.74. The summed E-state index contributed by atoms with van der Waals surface area (Å²) in [5.41, 5.74) is 5.72. The van der Waals surface area contributed by atoms with E-state index in [1.807, 2.05) is 11.9 Å². The van der Waals surface area contributed by atoms with Crippen LogP contribution in [0.4, 0.5) is 0 Å². The van der Waals surface area contributed by atoms with Gasteiger partial charge in [0, 0.05) is 25.2 Å². The zero-order chi connectivity index (χ0) is 12.2. The number of nitrogens with zero attached hydrogens (tertiary/aromatic N) is 2. The van der Waals surface area contributed by atoms with Gasteiger partial charge in [0.25, 0.3) is 0 Å². The first-order chi connectivity index (χ1) is 7.53. The Labute approximate surface area is 98.8 Å². The lowest BCUT2D eigenvalue weighted by Gasteiger charge is -2.37. The summed E-state index contributed by atoms with van der Waals surface area (Å²) in [6, 6.07) is 0. The summed E-state index contributed by atoms with van der Waals surface area (Å²) in [4.78, 5) is 16.0. The minimum atomic E-state index is -0.0601. The van der Waals surface area contributed by atoms with E-state index in [-0.39, 0.29) is 11.4 Å². The van der Waals surface area contributed by atoms with Crippen molar-refractivity contribution in [2.24, 2.45) is 5.73 Å². The van der Waals surface area contributed by atoms with Gasteiger partial charge in [-0.2, -0.15) is 0 Å². The van der Waals surface area contributed by atoms with Gasteiger partial charge in [-0.1, -0.05) is 6.92 Å². The Morgan fingerprint density at radius 3 is 2.44 bits per heavy atom. The van der Waals surface area contributed by atoms with Crippen molar-refractivity contribution in [2.75, 3.05) is 33.2 Å². The minimum absolute atomic E-state index is 0.0601. The fraction of sp³-hybridized carbons (Fsp3) is 0.917. The molecular formula is C12H25N3O. The Morgan fingerprint density at radius 2 is 2.00 bits per heavy atom. The summed E-state index contributed by atoms with van der Waals surface area (Å²) in [6.45, 7) is 7.17. The monoisotopic (exact) mass is 227 g/mol. The van der Waals surface area contributed by atoms with Crippen LogP contribution >= 0.6 is 0 Å². The number of amides is 1. The minimum Gasteiger partial charge on any atom is -0.342 e. The smallest absolute Gasteiger partial charge is 0.236 e. The van der Waals surface area contributed by atoms with Gasteiger partial charge in [-0.15, -0.1) is 0 Å². The molecule has 0 radical (unpaired) electrons. The van der Waals surface area contributed by atoms with E-state index in [1.54, 1.807) is 0 Å². The molecule has 1 unspecified atom stereocenters. The van der Waals surface area contributed by atoms with E-state index >= 15 is 0 Å². The lowest BCUT2D eigenvalue weighted by atomic mass is 9.97. The van der Waals surface area contributed by atoms with E-state index in [2.05, 4.69) is 18.7 Å². The van der Waals surface area contributed by atoms with Gasteiger partial charge < -0.3 is 10.6 Å². The molecule has 4 nitrogen and oxygen atoms in total. The number of carbonyl (C=O) groups excluding carboxylic acids is 1. The lowest BCUT2D eigenvalue weighted by Crippen LogP contribution is -2.52. The molecule has 1 saturated heterocycles. The standard InChI is InChI=1S/C12H25N3O/c1-4-12(2,10-13)14(3)9-11(16)15-7-5-6-8-15/h4-10,13H2,1-3H3. The van der Waals surface area contributed by atoms with E-state index in [9.17, 15) is 4.79 Å². The van der Waals surface area contributed by atoms with Crippen molar-refractivity contribution in [3.63, 3.8) is 0 Å². The van der Waals surface area contributed by atoms with Gasteiger partial charge in [0.1, 0.15) is 0 Å². The fourth-order valence-electron chi connectivity index (χ4n) is 2.03. The SMILES string of the molecule is CCC(C)(CN)N(C)CC(=O)N1CCCC1. The molecule has 2 N–H and O–H groups in total. The third-order valence-corrected chi connectivity index (χ3v) is 3.95. The highest BCUT2D eigenvalue weighted by Crippen LogP contribution is 2.16. The maximum atomic E-state index is 12.0. The van der Waals surface area contributed by atoms with Gasteiger partial charge in [0.05, 0.1) is 6.54 Å². The molecule has 0 spiro atoms. The van der Waals surface area contributed by atoms with E-state index in [4.69, 9.17) is 5.73 Å². The Morgan fingerprint density at radius 1 is 1.44 bits per heavy atom.